The molecule has 6 nitrogen and oxygen atoms in total. The predicted octanol–water partition coefficient (Wildman–Crippen LogP) is 0.648. The highest BCUT2D eigenvalue weighted by atomic mass is 16.5. The molecule has 0 aromatic heterocycles. The lowest BCUT2D eigenvalue weighted by molar-refractivity contribution is 0.0647. The minimum absolute atomic E-state index is 0.279. The number of rotatable bonds is 8. The van der Waals surface area contributed by atoms with E-state index in [0.717, 1.165) is 0 Å². The maximum absolute atomic E-state index is 11.7. The van der Waals surface area contributed by atoms with E-state index in [1.54, 1.807) is 18.2 Å². The Bertz CT molecular complexity index is 578. The van der Waals surface area contributed by atoms with Crippen LogP contribution in [0.1, 0.15) is 20.7 Å². The standard InChI is InChI=1S/C15H16N2O4/c1-2-7-20-9-10-21-8-6-16-12-5-3-4-11-13(12)15(19)17-14(11)18/h1,3-5,16H,6-10H2,(H,17,18,19). The van der Waals surface area contributed by atoms with E-state index in [1.807, 2.05) is 0 Å². The number of carbonyl (C=O) groups excluding carboxylic acids is 2. The van der Waals surface area contributed by atoms with Gasteiger partial charge in [-0.1, -0.05) is 12.0 Å². The van der Waals surface area contributed by atoms with E-state index < -0.39 is 0 Å². The van der Waals surface area contributed by atoms with Crippen LogP contribution in [0.2, 0.25) is 0 Å². The minimum Gasteiger partial charge on any atom is -0.382 e. The van der Waals surface area contributed by atoms with Gasteiger partial charge in [-0.3, -0.25) is 14.9 Å². The number of nitrogens with one attached hydrogen (secondary N) is 2. The number of fused-ring (bicyclic) bond motifs is 1. The molecule has 0 spiro atoms. The van der Waals surface area contributed by atoms with Crippen LogP contribution in [0.5, 0.6) is 0 Å². The second-order valence-electron chi connectivity index (χ2n) is 4.31. The Kier molecular flexibility index (Phi) is 5.32. The van der Waals surface area contributed by atoms with Gasteiger partial charge in [-0.15, -0.1) is 6.42 Å². The Morgan fingerprint density at radius 3 is 2.76 bits per heavy atom. The van der Waals surface area contributed by atoms with Crippen molar-refractivity contribution < 1.29 is 19.1 Å². The Labute approximate surface area is 122 Å². The van der Waals surface area contributed by atoms with Crippen LogP contribution in [0.4, 0.5) is 5.69 Å². The molecular weight excluding hydrogens is 272 g/mol. The van der Waals surface area contributed by atoms with Gasteiger partial charge in [0.15, 0.2) is 0 Å². The molecule has 2 rings (SSSR count). The van der Waals surface area contributed by atoms with Crippen molar-refractivity contribution in [3.63, 3.8) is 0 Å². The lowest BCUT2D eigenvalue weighted by atomic mass is 10.1. The molecular formula is C15H16N2O4. The van der Waals surface area contributed by atoms with E-state index in [-0.39, 0.29) is 18.4 Å². The summed E-state index contributed by atoms with van der Waals surface area (Å²) in [6.45, 7) is 2.16. The highest BCUT2D eigenvalue weighted by Gasteiger charge is 2.28. The molecule has 2 amide bonds. The molecule has 1 heterocycles. The van der Waals surface area contributed by atoms with Gasteiger partial charge in [-0.25, -0.2) is 0 Å². The number of benzene rings is 1. The van der Waals surface area contributed by atoms with Crippen molar-refractivity contribution in [3.8, 4) is 12.3 Å². The molecule has 2 N–H and O–H groups in total. The number of imide groups is 1. The zero-order valence-electron chi connectivity index (χ0n) is 11.5. The summed E-state index contributed by atoms with van der Waals surface area (Å²) >= 11 is 0. The molecule has 6 heteroatoms. The van der Waals surface area contributed by atoms with Crippen LogP contribution in [0.15, 0.2) is 18.2 Å². The van der Waals surface area contributed by atoms with Crippen molar-refractivity contribution in [1.29, 1.82) is 0 Å². The van der Waals surface area contributed by atoms with Gasteiger partial charge in [0.05, 0.1) is 30.9 Å². The summed E-state index contributed by atoms with van der Waals surface area (Å²) in [4.78, 5) is 23.2. The van der Waals surface area contributed by atoms with Crippen LogP contribution in [0.25, 0.3) is 0 Å². The third-order valence-corrected chi connectivity index (χ3v) is 2.88. The highest BCUT2D eigenvalue weighted by Crippen LogP contribution is 2.23. The first-order valence-corrected chi connectivity index (χ1v) is 6.55. The summed E-state index contributed by atoms with van der Waals surface area (Å²) < 4.78 is 10.4. The topological polar surface area (TPSA) is 76.7 Å². The van der Waals surface area contributed by atoms with Gasteiger partial charge < -0.3 is 14.8 Å². The molecule has 1 aliphatic heterocycles. The van der Waals surface area contributed by atoms with E-state index >= 15 is 0 Å². The van der Waals surface area contributed by atoms with E-state index in [2.05, 4.69) is 16.6 Å². The van der Waals surface area contributed by atoms with Crippen molar-refractivity contribution in [3.05, 3.63) is 29.3 Å². The first kappa shape index (κ1) is 15.0. The van der Waals surface area contributed by atoms with E-state index in [1.165, 1.54) is 0 Å². The Balaban J connectivity index is 1.77. The van der Waals surface area contributed by atoms with E-state index in [0.29, 0.717) is 43.2 Å². The van der Waals surface area contributed by atoms with Crippen molar-refractivity contribution >= 4 is 17.5 Å². The second kappa shape index (κ2) is 7.43. The SMILES string of the molecule is C#CCOCCOCCNc1cccc2c1C(=O)NC2=O. The van der Waals surface area contributed by atoms with Gasteiger partial charge in [-0.2, -0.15) is 0 Å². The second-order valence-corrected chi connectivity index (χ2v) is 4.31. The fourth-order valence-corrected chi connectivity index (χ4v) is 1.98. The summed E-state index contributed by atoms with van der Waals surface area (Å²) in [6, 6.07) is 5.11. The maximum atomic E-state index is 11.7. The Hall–Kier alpha value is -2.36. The van der Waals surface area contributed by atoms with E-state index in [9.17, 15) is 9.59 Å². The molecule has 0 unspecified atom stereocenters. The maximum Gasteiger partial charge on any atom is 0.261 e. The minimum atomic E-state index is -0.373. The number of hydrogen-bond acceptors (Lipinski definition) is 5. The normalized spacial score (nSPS) is 12.7. The molecule has 0 radical (unpaired) electrons. The lowest BCUT2D eigenvalue weighted by Gasteiger charge is -2.09. The Morgan fingerprint density at radius 1 is 1.14 bits per heavy atom. The van der Waals surface area contributed by atoms with Gasteiger partial charge >= 0.3 is 0 Å². The first-order valence-electron chi connectivity index (χ1n) is 6.55. The molecule has 21 heavy (non-hydrogen) atoms. The molecule has 0 atom stereocenters. The average molecular weight is 288 g/mol. The molecule has 0 fully saturated rings. The number of carbonyl (C=O) groups is 2. The van der Waals surface area contributed by atoms with Gasteiger partial charge in [0.2, 0.25) is 0 Å². The zero-order valence-corrected chi connectivity index (χ0v) is 11.5. The van der Waals surface area contributed by atoms with Crippen molar-refractivity contribution in [1.82, 2.24) is 5.32 Å². The van der Waals surface area contributed by atoms with Crippen molar-refractivity contribution in [2.45, 2.75) is 0 Å². The summed E-state index contributed by atoms with van der Waals surface area (Å²) in [6.07, 6.45) is 5.04. The summed E-state index contributed by atoms with van der Waals surface area (Å²) in [5, 5.41) is 5.36. The fraction of sp³-hybridized carbons (Fsp3) is 0.333. The van der Waals surface area contributed by atoms with Gasteiger partial charge in [-0.05, 0) is 12.1 Å². The van der Waals surface area contributed by atoms with Crippen LogP contribution < -0.4 is 10.6 Å². The predicted molar refractivity (Wildman–Crippen MR) is 77.2 cm³/mol. The molecule has 0 bridgehead atoms. The molecule has 110 valence electrons. The molecule has 1 aromatic rings. The molecule has 1 aliphatic rings. The molecule has 0 saturated heterocycles. The smallest absolute Gasteiger partial charge is 0.261 e. The van der Waals surface area contributed by atoms with Crippen LogP contribution in [0.3, 0.4) is 0 Å². The lowest BCUT2D eigenvalue weighted by Crippen LogP contribution is -2.20. The fourth-order valence-electron chi connectivity index (χ4n) is 1.98. The van der Waals surface area contributed by atoms with E-state index in [4.69, 9.17) is 15.9 Å². The zero-order chi connectivity index (χ0) is 15.1. The number of anilines is 1. The first-order chi connectivity index (χ1) is 10.2. The molecule has 0 aliphatic carbocycles. The summed E-state index contributed by atoms with van der Waals surface area (Å²) in [7, 11) is 0. The largest absolute Gasteiger partial charge is 0.382 e. The quantitative estimate of drug-likeness (QED) is 0.417. The highest BCUT2D eigenvalue weighted by molar-refractivity contribution is 6.23. The van der Waals surface area contributed by atoms with Crippen LogP contribution in [-0.4, -0.2) is 44.8 Å². The van der Waals surface area contributed by atoms with Crippen LogP contribution >= 0.6 is 0 Å². The number of ether oxygens (including phenoxy) is 2. The van der Waals surface area contributed by atoms with Gasteiger partial charge in [0.1, 0.15) is 6.61 Å². The number of hydrogen-bond donors (Lipinski definition) is 2. The molecule has 1 aromatic carbocycles. The average Bonchev–Trinajstić information content (AvgIpc) is 2.78. The molecule has 0 saturated carbocycles. The summed E-state index contributed by atoms with van der Waals surface area (Å²) in [5.41, 5.74) is 1.41. The number of terminal acetylenes is 1. The summed E-state index contributed by atoms with van der Waals surface area (Å²) in [5.74, 6) is 1.63. The van der Waals surface area contributed by atoms with Crippen LogP contribution in [-0.2, 0) is 9.47 Å². The third kappa shape index (κ3) is 3.81. The van der Waals surface area contributed by atoms with Crippen LogP contribution in [0, 0.1) is 12.3 Å². The van der Waals surface area contributed by atoms with Gasteiger partial charge in [0, 0.05) is 12.2 Å². The van der Waals surface area contributed by atoms with Gasteiger partial charge in [0.25, 0.3) is 11.8 Å². The van der Waals surface area contributed by atoms with Crippen molar-refractivity contribution in [2.24, 2.45) is 0 Å². The monoisotopic (exact) mass is 288 g/mol. The Morgan fingerprint density at radius 2 is 1.95 bits per heavy atom. The third-order valence-electron chi connectivity index (χ3n) is 2.88. The number of amides is 2. The van der Waals surface area contributed by atoms with Crippen molar-refractivity contribution in [2.75, 3.05) is 38.3 Å².